The van der Waals surface area contributed by atoms with Crippen LogP contribution < -0.4 is 16.2 Å². The van der Waals surface area contributed by atoms with E-state index in [-0.39, 0.29) is 5.76 Å². The molecule has 8 heteroatoms. The van der Waals surface area contributed by atoms with Gasteiger partial charge in [-0.1, -0.05) is 23.2 Å². The molecule has 0 saturated carbocycles. The molecule has 2 aromatic rings. The number of nitrogens with one attached hydrogen (secondary N) is 3. The molecule has 23 heavy (non-hydrogen) atoms. The summed E-state index contributed by atoms with van der Waals surface area (Å²) in [7, 11) is 0. The zero-order valence-corrected chi connectivity index (χ0v) is 13.5. The van der Waals surface area contributed by atoms with Gasteiger partial charge in [0.2, 0.25) is 5.91 Å². The molecule has 0 fully saturated rings. The topological polar surface area (TPSA) is 83.4 Å². The standard InChI is InChI=1S/C15H13Cl2N3O3/c1-9(19-20-15(22)13-3-2-6-23-13)7-14(21)18-12-5-4-10(16)8-11(12)17/h2-8,19H,1H3,(H,18,21)(H,20,22)/b9-7-. The predicted octanol–water partition coefficient (Wildman–Crippen LogP) is 3.36. The van der Waals surface area contributed by atoms with Crippen molar-refractivity contribution in [3.63, 3.8) is 0 Å². The van der Waals surface area contributed by atoms with E-state index in [1.807, 2.05) is 0 Å². The van der Waals surface area contributed by atoms with Gasteiger partial charge in [-0.25, -0.2) is 0 Å². The van der Waals surface area contributed by atoms with Crippen LogP contribution in [-0.2, 0) is 4.79 Å². The second kappa shape index (κ2) is 7.71. The van der Waals surface area contributed by atoms with Crippen molar-refractivity contribution in [1.29, 1.82) is 0 Å². The zero-order valence-electron chi connectivity index (χ0n) is 12.0. The fourth-order valence-electron chi connectivity index (χ4n) is 1.62. The van der Waals surface area contributed by atoms with Crippen LogP contribution in [0.25, 0.3) is 0 Å². The van der Waals surface area contributed by atoms with Gasteiger partial charge in [0, 0.05) is 16.8 Å². The zero-order chi connectivity index (χ0) is 16.8. The number of hydrogen-bond acceptors (Lipinski definition) is 4. The lowest BCUT2D eigenvalue weighted by atomic mass is 10.3. The highest BCUT2D eigenvalue weighted by Gasteiger charge is 2.08. The van der Waals surface area contributed by atoms with E-state index in [0.29, 0.717) is 21.4 Å². The summed E-state index contributed by atoms with van der Waals surface area (Å²) in [6.45, 7) is 1.62. The number of hydrazine groups is 1. The third-order valence-electron chi connectivity index (χ3n) is 2.65. The first-order chi connectivity index (χ1) is 11.0. The molecule has 0 aliphatic heterocycles. The lowest BCUT2D eigenvalue weighted by Gasteiger charge is -2.08. The van der Waals surface area contributed by atoms with Crippen molar-refractivity contribution in [2.45, 2.75) is 6.92 Å². The van der Waals surface area contributed by atoms with Crippen LogP contribution in [0.2, 0.25) is 10.0 Å². The van der Waals surface area contributed by atoms with E-state index in [9.17, 15) is 9.59 Å². The smallest absolute Gasteiger partial charge is 0.305 e. The maximum Gasteiger partial charge on any atom is 0.305 e. The number of anilines is 1. The summed E-state index contributed by atoms with van der Waals surface area (Å²) in [6.07, 6.45) is 2.66. The van der Waals surface area contributed by atoms with Crippen molar-refractivity contribution in [1.82, 2.24) is 10.9 Å². The molecule has 2 rings (SSSR count). The molecule has 0 bridgehead atoms. The van der Waals surface area contributed by atoms with Gasteiger partial charge >= 0.3 is 5.91 Å². The Kier molecular flexibility index (Phi) is 5.67. The van der Waals surface area contributed by atoms with Crippen molar-refractivity contribution >= 4 is 40.7 Å². The van der Waals surface area contributed by atoms with Crippen molar-refractivity contribution in [2.75, 3.05) is 5.32 Å². The number of carbonyl (C=O) groups excluding carboxylic acids is 2. The van der Waals surface area contributed by atoms with E-state index in [1.54, 1.807) is 25.1 Å². The van der Waals surface area contributed by atoms with E-state index >= 15 is 0 Å². The van der Waals surface area contributed by atoms with Crippen LogP contribution in [0.1, 0.15) is 17.5 Å². The van der Waals surface area contributed by atoms with Crippen LogP contribution in [0.15, 0.2) is 52.8 Å². The number of furan rings is 1. The highest BCUT2D eigenvalue weighted by Crippen LogP contribution is 2.25. The lowest BCUT2D eigenvalue weighted by Crippen LogP contribution is -2.36. The number of halogens is 2. The number of rotatable bonds is 5. The van der Waals surface area contributed by atoms with Gasteiger partial charge < -0.3 is 15.2 Å². The fourth-order valence-corrected chi connectivity index (χ4v) is 2.07. The molecule has 0 aliphatic carbocycles. The van der Waals surface area contributed by atoms with E-state index in [1.165, 1.54) is 24.5 Å². The average Bonchev–Trinajstić information content (AvgIpc) is 3.02. The lowest BCUT2D eigenvalue weighted by molar-refractivity contribution is -0.112. The van der Waals surface area contributed by atoms with Gasteiger partial charge in [0.05, 0.1) is 17.0 Å². The molecule has 1 heterocycles. The normalized spacial score (nSPS) is 11.0. The van der Waals surface area contributed by atoms with Crippen molar-refractivity contribution in [2.24, 2.45) is 0 Å². The Morgan fingerprint density at radius 1 is 1.17 bits per heavy atom. The molecule has 0 atom stereocenters. The molecule has 0 spiro atoms. The Morgan fingerprint density at radius 2 is 1.96 bits per heavy atom. The van der Waals surface area contributed by atoms with Gasteiger partial charge in [-0.05, 0) is 37.3 Å². The summed E-state index contributed by atoms with van der Waals surface area (Å²) >= 11 is 11.8. The number of amides is 2. The molecule has 6 nitrogen and oxygen atoms in total. The highest BCUT2D eigenvalue weighted by molar-refractivity contribution is 6.36. The Labute approximate surface area is 142 Å². The minimum absolute atomic E-state index is 0.155. The van der Waals surface area contributed by atoms with E-state index in [2.05, 4.69) is 16.2 Å². The molecular formula is C15H13Cl2N3O3. The fraction of sp³-hybridized carbons (Fsp3) is 0.0667. The summed E-state index contributed by atoms with van der Waals surface area (Å²) in [6, 6.07) is 7.85. The van der Waals surface area contributed by atoms with Gasteiger partial charge in [0.1, 0.15) is 0 Å². The summed E-state index contributed by atoms with van der Waals surface area (Å²) in [5, 5.41) is 3.41. The second-order valence-electron chi connectivity index (χ2n) is 4.50. The molecule has 1 aromatic heterocycles. The largest absolute Gasteiger partial charge is 0.459 e. The molecular weight excluding hydrogens is 341 g/mol. The Morgan fingerprint density at radius 3 is 2.61 bits per heavy atom. The Balaban J connectivity index is 1.89. The average molecular weight is 354 g/mol. The molecule has 0 saturated heterocycles. The molecule has 2 amide bonds. The predicted molar refractivity (Wildman–Crippen MR) is 88.2 cm³/mol. The van der Waals surface area contributed by atoms with Gasteiger partial charge in [-0.15, -0.1) is 0 Å². The van der Waals surface area contributed by atoms with Gasteiger partial charge in [-0.2, -0.15) is 0 Å². The van der Waals surface area contributed by atoms with Crippen LogP contribution in [0.5, 0.6) is 0 Å². The molecule has 1 aromatic carbocycles. The first-order valence-corrected chi connectivity index (χ1v) is 7.25. The van der Waals surface area contributed by atoms with Crippen molar-refractivity contribution < 1.29 is 14.0 Å². The monoisotopic (exact) mass is 353 g/mol. The molecule has 0 unspecified atom stereocenters. The molecule has 120 valence electrons. The van der Waals surface area contributed by atoms with Crippen LogP contribution in [0, 0.1) is 0 Å². The molecule has 3 N–H and O–H groups in total. The van der Waals surface area contributed by atoms with Gasteiger partial charge in [-0.3, -0.25) is 15.0 Å². The molecule has 0 radical (unpaired) electrons. The second-order valence-corrected chi connectivity index (χ2v) is 5.34. The van der Waals surface area contributed by atoms with Crippen LogP contribution in [-0.4, -0.2) is 11.8 Å². The van der Waals surface area contributed by atoms with Gasteiger partial charge in [0.15, 0.2) is 5.76 Å². The quantitative estimate of drug-likeness (QED) is 0.568. The number of hydrogen-bond donors (Lipinski definition) is 3. The summed E-state index contributed by atoms with van der Waals surface area (Å²) in [4.78, 5) is 23.5. The van der Waals surface area contributed by atoms with E-state index in [0.717, 1.165) is 0 Å². The summed E-state index contributed by atoms with van der Waals surface area (Å²) < 4.78 is 4.93. The SMILES string of the molecule is C/C(=C/C(=O)Nc1ccc(Cl)cc1Cl)NNC(=O)c1ccco1. The van der Waals surface area contributed by atoms with Crippen LogP contribution >= 0.6 is 23.2 Å². The maximum atomic E-state index is 11.9. The van der Waals surface area contributed by atoms with Crippen LogP contribution in [0.3, 0.4) is 0 Å². The first kappa shape index (κ1) is 16.9. The minimum Gasteiger partial charge on any atom is -0.459 e. The number of carbonyl (C=O) groups is 2. The van der Waals surface area contributed by atoms with E-state index < -0.39 is 11.8 Å². The highest BCUT2D eigenvalue weighted by atomic mass is 35.5. The van der Waals surface area contributed by atoms with Crippen molar-refractivity contribution in [3.05, 3.63) is 64.2 Å². The third kappa shape index (κ3) is 5.05. The summed E-state index contributed by atoms with van der Waals surface area (Å²) in [5.41, 5.74) is 5.85. The summed E-state index contributed by atoms with van der Waals surface area (Å²) in [5.74, 6) is -0.710. The van der Waals surface area contributed by atoms with Gasteiger partial charge in [0.25, 0.3) is 0 Å². The van der Waals surface area contributed by atoms with Crippen molar-refractivity contribution in [3.8, 4) is 0 Å². The third-order valence-corrected chi connectivity index (χ3v) is 3.20. The van der Waals surface area contributed by atoms with E-state index in [4.69, 9.17) is 27.6 Å². The first-order valence-electron chi connectivity index (χ1n) is 6.50. The maximum absolute atomic E-state index is 11.9. The number of benzene rings is 1. The minimum atomic E-state index is -0.455. The Bertz CT molecular complexity index is 742. The molecule has 0 aliphatic rings. The Hall–Kier alpha value is -2.44. The number of allylic oxidation sites excluding steroid dienone is 1. The van der Waals surface area contributed by atoms with Crippen LogP contribution in [0.4, 0.5) is 5.69 Å².